The Morgan fingerprint density at radius 3 is 1.96 bits per heavy atom. The lowest BCUT2D eigenvalue weighted by molar-refractivity contribution is -0.384. The second-order valence-corrected chi connectivity index (χ2v) is 4.99. The predicted molar refractivity (Wildman–Crippen MR) is 87.6 cm³/mol. The number of nitrogens with one attached hydrogen (secondary N) is 2. The number of nitro benzene ring substituents is 2. The van der Waals surface area contributed by atoms with Crippen molar-refractivity contribution in [3.63, 3.8) is 0 Å². The van der Waals surface area contributed by atoms with Crippen LogP contribution in [-0.4, -0.2) is 9.85 Å². The van der Waals surface area contributed by atoms with E-state index in [9.17, 15) is 20.2 Å². The Hall–Kier alpha value is -3.16. The molecule has 0 aliphatic rings. The monoisotopic (exact) mass is 316 g/mol. The molecule has 0 aromatic heterocycles. The van der Waals surface area contributed by atoms with Crippen LogP contribution in [0.25, 0.3) is 0 Å². The normalized spacial score (nSPS) is 10.2. The van der Waals surface area contributed by atoms with E-state index < -0.39 is 9.85 Å². The Morgan fingerprint density at radius 1 is 0.913 bits per heavy atom. The third kappa shape index (κ3) is 3.73. The third-order valence-electron chi connectivity index (χ3n) is 3.35. The van der Waals surface area contributed by atoms with Gasteiger partial charge in [-0.3, -0.25) is 31.1 Å². The first-order valence-corrected chi connectivity index (χ1v) is 6.96. The second kappa shape index (κ2) is 6.73. The van der Waals surface area contributed by atoms with E-state index >= 15 is 0 Å². The summed E-state index contributed by atoms with van der Waals surface area (Å²) in [4.78, 5) is 21.2. The quantitative estimate of drug-likeness (QED) is 0.619. The molecule has 0 unspecified atom stereocenters. The number of nitro groups is 2. The molecule has 120 valence electrons. The smallest absolute Gasteiger partial charge is 0.294 e. The van der Waals surface area contributed by atoms with Crippen molar-refractivity contribution in [1.82, 2.24) is 0 Å². The van der Waals surface area contributed by atoms with Gasteiger partial charge in [-0.1, -0.05) is 19.1 Å². The lowest BCUT2D eigenvalue weighted by Crippen LogP contribution is -2.12. The van der Waals surface area contributed by atoms with Gasteiger partial charge in [-0.15, -0.1) is 0 Å². The average molecular weight is 316 g/mol. The van der Waals surface area contributed by atoms with Crippen molar-refractivity contribution in [3.05, 3.63) is 67.8 Å². The van der Waals surface area contributed by atoms with E-state index in [1.807, 2.05) is 6.92 Å². The number of anilines is 2. The molecule has 0 spiro atoms. The van der Waals surface area contributed by atoms with Gasteiger partial charge >= 0.3 is 0 Å². The summed E-state index contributed by atoms with van der Waals surface area (Å²) >= 11 is 0. The first-order valence-electron chi connectivity index (χ1n) is 6.96. The molecule has 0 atom stereocenters. The van der Waals surface area contributed by atoms with Crippen LogP contribution in [0.15, 0.2) is 36.4 Å². The summed E-state index contributed by atoms with van der Waals surface area (Å²) in [5.41, 5.74) is 7.21. The zero-order valence-electron chi connectivity index (χ0n) is 12.7. The molecule has 23 heavy (non-hydrogen) atoms. The van der Waals surface area contributed by atoms with Crippen LogP contribution in [0, 0.1) is 27.2 Å². The van der Waals surface area contributed by atoms with Crippen LogP contribution < -0.4 is 10.9 Å². The number of benzene rings is 2. The summed E-state index contributed by atoms with van der Waals surface area (Å²) in [5.74, 6) is 0. The molecular formula is C15H16N4O4. The molecule has 8 heteroatoms. The van der Waals surface area contributed by atoms with E-state index in [4.69, 9.17) is 0 Å². The van der Waals surface area contributed by atoms with Crippen molar-refractivity contribution in [2.24, 2.45) is 0 Å². The Balaban J connectivity index is 2.28. The third-order valence-corrected chi connectivity index (χ3v) is 3.35. The molecule has 0 bridgehead atoms. The van der Waals surface area contributed by atoms with Crippen LogP contribution in [0.5, 0.6) is 0 Å². The maximum atomic E-state index is 11.2. The highest BCUT2D eigenvalue weighted by molar-refractivity contribution is 5.69. The average Bonchev–Trinajstić information content (AvgIpc) is 2.53. The fourth-order valence-corrected chi connectivity index (χ4v) is 2.09. The van der Waals surface area contributed by atoms with Crippen LogP contribution in [-0.2, 0) is 6.42 Å². The minimum atomic E-state index is -0.508. The van der Waals surface area contributed by atoms with Gasteiger partial charge in [-0.25, -0.2) is 0 Å². The minimum Gasteiger partial charge on any atom is -0.294 e. The van der Waals surface area contributed by atoms with E-state index in [1.165, 1.54) is 12.1 Å². The maximum absolute atomic E-state index is 11.2. The molecule has 0 saturated carbocycles. The Kier molecular flexibility index (Phi) is 4.75. The summed E-state index contributed by atoms with van der Waals surface area (Å²) in [5, 5.41) is 22.2. The van der Waals surface area contributed by atoms with Gasteiger partial charge in [-0.2, -0.15) is 0 Å². The molecule has 8 nitrogen and oxygen atoms in total. The Labute approximate surface area is 132 Å². The molecule has 0 radical (unpaired) electrons. The summed E-state index contributed by atoms with van der Waals surface area (Å²) < 4.78 is 0. The highest BCUT2D eigenvalue weighted by Gasteiger charge is 2.17. The molecule has 2 N–H and O–H groups in total. The van der Waals surface area contributed by atoms with Gasteiger partial charge < -0.3 is 0 Å². The molecule has 0 amide bonds. The van der Waals surface area contributed by atoms with Crippen molar-refractivity contribution >= 4 is 22.7 Å². The maximum Gasteiger partial charge on any atom is 0.294 e. The SMILES string of the molecule is CCc1ccc(NNc2ccc(C)cc2[N+](=O)[O-])c([N+](=O)[O-])c1. The van der Waals surface area contributed by atoms with Gasteiger partial charge in [0.15, 0.2) is 0 Å². The number of hydrogen-bond acceptors (Lipinski definition) is 6. The largest absolute Gasteiger partial charge is 0.294 e. The number of hydrogen-bond donors (Lipinski definition) is 2. The lowest BCUT2D eigenvalue weighted by Gasteiger charge is -2.11. The molecular weight excluding hydrogens is 300 g/mol. The standard InChI is InChI=1S/C15H16N4O4/c1-3-11-5-7-13(15(9-11)19(22)23)17-16-12-6-4-10(2)8-14(12)18(20)21/h4-9,16-17H,3H2,1-2H3. The lowest BCUT2D eigenvalue weighted by atomic mass is 10.1. The summed E-state index contributed by atoms with van der Waals surface area (Å²) in [6, 6.07) is 9.51. The molecule has 0 fully saturated rings. The molecule has 2 aromatic rings. The minimum absolute atomic E-state index is 0.0911. The van der Waals surface area contributed by atoms with Gasteiger partial charge in [0.25, 0.3) is 11.4 Å². The first kappa shape index (κ1) is 16.2. The topological polar surface area (TPSA) is 110 Å². The predicted octanol–water partition coefficient (Wildman–Crippen LogP) is 3.81. The van der Waals surface area contributed by atoms with Crippen LogP contribution in [0.1, 0.15) is 18.1 Å². The van der Waals surface area contributed by atoms with Crippen molar-refractivity contribution in [3.8, 4) is 0 Å². The van der Waals surface area contributed by atoms with Crippen molar-refractivity contribution in [2.75, 3.05) is 10.9 Å². The highest BCUT2D eigenvalue weighted by Crippen LogP contribution is 2.28. The van der Waals surface area contributed by atoms with Gasteiger partial charge in [0.05, 0.1) is 9.85 Å². The molecule has 0 aliphatic heterocycles. The van der Waals surface area contributed by atoms with Gasteiger partial charge in [0.1, 0.15) is 11.4 Å². The van der Waals surface area contributed by atoms with Crippen molar-refractivity contribution in [1.29, 1.82) is 0 Å². The van der Waals surface area contributed by atoms with Crippen LogP contribution in [0.4, 0.5) is 22.7 Å². The number of rotatable bonds is 6. The molecule has 2 rings (SSSR count). The van der Waals surface area contributed by atoms with Crippen LogP contribution in [0.3, 0.4) is 0 Å². The van der Waals surface area contributed by atoms with Crippen molar-refractivity contribution in [2.45, 2.75) is 20.3 Å². The fraction of sp³-hybridized carbons (Fsp3) is 0.200. The zero-order chi connectivity index (χ0) is 17.0. The summed E-state index contributed by atoms with van der Waals surface area (Å²) in [6.45, 7) is 3.65. The molecule has 0 saturated heterocycles. The summed E-state index contributed by atoms with van der Waals surface area (Å²) in [7, 11) is 0. The molecule has 2 aromatic carbocycles. The summed E-state index contributed by atoms with van der Waals surface area (Å²) in [6.07, 6.45) is 0.679. The second-order valence-electron chi connectivity index (χ2n) is 4.99. The van der Waals surface area contributed by atoms with E-state index in [2.05, 4.69) is 10.9 Å². The Bertz CT molecular complexity index is 761. The number of nitrogens with zero attached hydrogens (tertiary/aromatic N) is 2. The fourth-order valence-electron chi connectivity index (χ4n) is 2.09. The van der Waals surface area contributed by atoms with E-state index in [-0.39, 0.29) is 22.7 Å². The van der Waals surface area contributed by atoms with E-state index in [0.717, 1.165) is 11.1 Å². The van der Waals surface area contributed by atoms with Gasteiger partial charge in [-0.05, 0) is 36.6 Å². The van der Waals surface area contributed by atoms with Crippen LogP contribution in [0.2, 0.25) is 0 Å². The Morgan fingerprint density at radius 2 is 1.43 bits per heavy atom. The van der Waals surface area contributed by atoms with Gasteiger partial charge in [0.2, 0.25) is 0 Å². The number of hydrazine groups is 1. The van der Waals surface area contributed by atoms with Crippen molar-refractivity contribution < 1.29 is 9.85 Å². The zero-order valence-corrected chi connectivity index (χ0v) is 12.7. The molecule has 0 heterocycles. The molecule has 0 aliphatic carbocycles. The van der Waals surface area contributed by atoms with Crippen LogP contribution >= 0.6 is 0 Å². The van der Waals surface area contributed by atoms with E-state index in [0.29, 0.717) is 6.42 Å². The number of aryl methyl sites for hydroxylation is 2. The highest BCUT2D eigenvalue weighted by atomic mass is 16.6. The van der Waals surface area contributed by atoms with E-state index in [1.54, 1.807) is 31.2 Å². The first-order chi connectivity index (χ1) is 10.9. The van der Waals surface area contributed by atoms with Gasteiger partial charge in [0, 0.05) is 12.1 Å².